The van der Waals surface area contributed by atoms with E-state index in [1.807, 2.05) is 25.1 Å². The zero-order valence-electron chi connectivity index (χ0n) is 11.7. The molecule has 1 rings (SSSR count). The van der Waals surface area contributed by atoms with E-state index in [1.54, 1.807) is 0 Å². The van der Waals surface area contributed by atoms with Gasteiger partial charge in [-0.3, -0.25) is 0 Å². The fraction of sp³-hybridized carbons (Fsp3) is 0.600. The lowest BCUT2D eigenvalue weighted by Crippen LogP contribution is -2.04. The molecular formula is C15H25NO2. The molecule has 0 heterocycles. The molecule has 0 amide bonds. The highest BCUT2D eigenvalue weighted by molar-refractivity contribution is 5.43. The van der Waals surface area contributed by atoms with E-state index >= 15 is 0 Å². The molecule has 0 aliphatic heterocycles. The van der Waals surface area contributed by atoms with Crippen LogP contribution in [0.3, 0.4) is 0 Å². The molecule has 0 radical (unpaired) electrons. The van der Waals surface area contributed by atoms with Crippen LogP contribution in [-0.2, 0) is 6.54 Å². The van der Waals surface area contributed by atoms with E-state index in [1.165, 1.54) is 6.42 Å². The molecular weight excluding hydrogens is 226 g/mol. The molecule has 0 spiro atoms. The van der Waals surface area contributed by atoms with Crippen molar-refractivity contribution >= 4 is 0 Å². The smallest absolute Gasteiger partial charge is 0.161 e. The number of ether oxygens (including phenoxy) is 2. The minimum absolute atomic E-state index is 0.522. The van der Waals surface area contributed by atoms with Crippen LogP contribution in [0.2, 0.25) is 0 Å². The molecule has 3 nitrogen and oxygen atoms in total. The molecule has 18 heavy (non-hydrogen) atoms. The number of rotatable bonds is 8. The SMILES string of the molecule is CCOc1cc(CN)ccc1OCCCC(C)C. The third kappa shape index (κ3) is 4.96. The standard InChI is InChI=1S/C15H25NO2/c1-4-17-15-10-13(11-16)7-8-14(15)18-9-5-6-12(2)3/h7-8,10,12H,4-6,9,11,16H2,1-3H3. The Morgan fingerprint density at radius 1 is 1.17 bits per heavy atom. The Hall–Kier alpha value is -1.22. The highest BCUT2D eigenvalue weighted by Gasteiger charge is 2.06. The Bertz CT molecular complexity index is 350. The molecule has 0 atom stereocenters. The summed E-state index contributed by atoms with van der Waals surface area (Å²) in [6, 6.07) is 5.89. The van der Waals surface area contributed by atoms with Crippen molar-refractivity contribution in [3.8, 4) is 11.5 Å². The summed E-state index contributed by atoms with van der Waals surface area (Å²) in [5.74, 6) is 2.34. The predicted molar refractivity (Wildman–Crippen MR) is 75.1 cm³/mol. The van der Waals surface area contributed by atoms with Gasteiger partial charge in [0, 0.05) is 6.54 Å². The summed E-state index contributed by atoms with van der Waals surface area (Å²) in [7, 11) is 0. The Kier molecular flexibility index (Phi) is 6.58. The van der Waals surface area contributed by atoms with Gasteiger partial charge in [0.15, 0.2) is 11.5 Å². The highest BCUT2D eigenvalue weighted by Crippen LogP contribution is 2.28. The number of hydrogen-bond acceptors (Lipinski definition) is 3. The Labute approximate surface area is 110 Å². The monoisotopic (exact) mass is 251 g/mol. The van der Waals surface area contributed by atoms with E-state index in [-0.39, 0.29) is 0 Å². The first-order chi connectivity index (χ1) is 8.67. The largest absolute Gasteiger partial charge is 0.490 e. The summed E-state index contributed by atoms with van der Waals surface area (Å²) in [4.78, 5) is 0. The summed E-state index contributed by atoms with van der Waals surface area (Å²) in [6.45, 7) is 8.31. The third-order valence-corrected chi connectivity index (χ3v) is 2.73. The van der Waals surface area contributed by atoms with E-state index < -0.39 is 0 Å². The van der Waals surface area contributed by atoms with Gasteiger partial charge in [-0.05, 0) is 43.4 Å². The summed E-state index contributed by atoms with van der Waals surface area (Å²) >= 11 is 0. The van der Waals surface area contributed by atoms with E-state index in [9.17, 15) is 0 Å². The molecule has 0 saturated carbocycles. The Balaban J connectivity index is 2.57. The fourth-order valence-corrected chi connectivity index (χ4v) is 1.74. The van der Waals surface area contributed by atoms with Crippen molar-refractivity contribution in [2.75, 3.05) is 13.2 Å². The maximum Gasteiger partial charge on any atom is 0.161 e. The lowest BCUT2D eigenvalue weighted by atomic mass is 10.1. The molecule has 0 fully saturated rings. The normalized spacial score (nSPS) is 10.7. The molecule has 102 valence electrons. The second kappa shape index (κ2) is 7.98. The van der Waals surface area contributed by atoms with Gasteiger partial charge >= 0.3 is 0 Å². The first kappa shape index (κ1) is 14.8. The maximum absolute atomic E-state index is 5.77. The van der Waals surface area contributed by atoms with Gasteiger partial charge in [0.25, 0.3) is 0 Å². The van der Waals surface area contributed by atoms with E-state index in [4.69, 9.17) is 15.2 Å². The van der Waals surface area contributed by atoms with Crippen LogP contribution in [0.4, 0.5) is 0 Å². The van der Waals surface area contributed by atoms with Gasteiger partial charge < -0.3 is 15.2 Å². The average Bonchev–Trinajstić information content (AvgIpc) is 2.36. The second-order valence-corrected chi connectivity index (χ2v) is 4.80. The van der Waals surface area contributed by atoms with Crippen LogP contribution in [0.1, 0.15) is 39.2 Å². The molecule has 1 aromatic rings. The summed E-state index contributed by atoms with van der Waals surface area (Å²) in [5, 5.41) is 0. The third-order valence-electron chi connectivity index (χ3n) is 2.73. The summed E-state index contributed by atoms with van der Waals surface area (Å²) < 4.78 is 11.4. The van der Waals surface area contributed by atoms with Crippen LogP contribution in [0, 0.1) is 5.92 Å². The van der Waals surface area contributed by atoms with Crippen LogP contribution >= 0.6 is 0 Å². The van der Waals surface area contributed by atoms with Gasteiger partial charge in [0.05, 0.1) is 13.2 Å². The second-order valence-electron chi connectivity index (χ2n) is 4.80. The quantitative estimate of drug-likeness (QED) is 0.720. The molecule has 0 aliphatic rings. The van der Waals surface area contributed by atoms with Crippen LogP contribution in [0.5, 0.6) is 11.5 Å². The van der Waals surface area contributed by atoms with Crippen LogP contribution in [0.15, 0.2) is 18.2 Å². The van der Waals surface area contributed by atoms with Gasteiger partial charge in [-0.15, -0.1) is 0 Å². The summed E-state index contributed by atoms with van der Waals surface area (Å²) in [6.07, 6.45) is 2.26. The first-order valence-electron chi connectivity index (χ1n) is 6.76. The molecule has 1 aromatic carbocycles. The number of hydrogen-bond donors (Lipinski definition) is 1. The van der Waals surface area contributed by atoms with Crippen LogP contribution in [0.25, 0.3) is 0 Å². The number of benzene rings is 1. The molecule has 0 bridgehead atoms. The van der Waals surface area contributed by atoms with Gasteiger partial charge in [-0.1, -0.05) is 19.9 Å². The van der Waals surface area contributed by atoms with E-state index in [2.05, 4.69) is 13.8 Å². The van der Waals surface area contributed by atoms with Gasteiger partial charge in [-0.25, -0.2) is 0 Å². The van der Waals surface area contributed by atoms with E-state index in [0.717, 1.165) is 36.0 Å². The molecule has 2 N–H and O–H groups in total. The molecule has 3 heteroatoms. The lowest BCUT2D eigenvalue weighted by Gasteiger charge is -2.13. The van der Waals surface area contributed by atoms with Crippen molar-refractivity contribution in [2.24, 2.45) is 11.7 Å². The predicted octanol–water partition coefficient (Wildman–Crippen LogP) is 3.36. The minimum Gasteiger partial charge on any atom is -0.490 e. The van der Waals surface area contributed by atoms with Crippen molar-refractivity contribution in [2.45, 2.75) is 40.2 Å². The Morgan fingerprint density at radius 2 is 1.94 bits per heavy atom. The molecule has 0 aromatic heterocycles. The molecule has 0 saturated heterocycles. The van der Waals surface area contributed by atoms with Crippen molar-refractivity contribution in [3.05, 3.63) is 23.8 Å². The van der Waals surface area contributed by atoms with Gasteiger partial charge in [0.1, 0.15) is 0 Å². The van der Waals surface area contributed by atoms with Crippen LogP contribution in [-0.4, -0.2) is 13.2 Å². The van der Waals surface area contributed by atoms with Crippen LogP contribution < -0.4 is 15.2 Å². The molecule has 0 unspecified atom stereocenters. The van der Waals surface area contributed by atoms with Crippen molar-refractivity contribution in [1.82, 2.24) is 0 Å². The van der Waals surface area contributed by atoms with Crippen molar-refractivity contribution < 1.29 is 9.47 Å². The van der Waals surface area contributed by atoms with Gasteiger partial charge in [-0.2, -0.15) is 0 Å². The van der Waals surface area contributed by atoms with Gasteiger partial charge in [0.2, 0.25) is 0 Å². The molecule has 0 aliphatic carbocycles. The van der Waals surface area contributed by atoms with Crippen molar-refractivity contribution in [1.29, 1.82) is 0 Å². The average molecular weight is 251 g/mol. The summed E-state index contributed by atoms with van der Waals surface area (Å²) in [5.41, 5.74) is 6.69. The topological polar surface area (TPSA) is 44.5 Å². The number of nitrogens with two attached hydrogens (primary N) is 1. The maximum atomic E-state index is 5.77. The first-order valence-corrected chi connectivity index (χ1v) is 6.76. The van der Waals surface area contributed by atoms with E-state index in [0.29, 0.717) is 13.2 Å². The fourth-order valence-electron chi connectivity index (χ4n) is 1.74. The highest BCUT2D eigenvalue weighted by atomic mass is 16.5. The minimum atomic E-state index is 0.522. The zero-order valence-corrected chi connectivity index (χ0v) is 11.7. The Morgan fingerprint density at radius 3 is 2.56 bits per heavy atom. The van der Waals surface area contributed by atoms with Crippen molar-refractivity contribution in [3.63, 3.8) is 0 Å². The zero-order chi connectivity index (χ0) is 13.4. The lowest BCUT2D eigenvalue weighted by molar-refractivity contribution is 0.266.